The zero-order valence-electron chi connectivity index (χ0n) is 47.4. The number of hydrogen-bond donors (Lipinski definition) is 0. The molecule has 0 spiro atoms. The molecule has 0 saturated carbocycles. The van der Waals surface area contributed by atoms with E-state index in [1.54, 1.807) is 0 Å². The predicted octanol–water partition coefficient (Wildman–Crippen LogP) is 20.4. The Bertz CT molecular complexity index is 1540. The van der Waals surface area contributed by atoms with Crippen molar-refractivity contribution in [3.05, 3.63) is 122 Å². The number of allylic oxidation sites excluding steroid dienone is 20. The molecule has 0 N–H and O–H groups in total. The zero-order chi connectivity index (χ0) is 52.9. The van der Waals surface area contributed by atoms with Gasteiger partial charge in [-0.2, -0.15) is 0 Å². The van der Waals surface area contributed by atoms with E-state index < -0.39 is 6.10 Å². The van der Waals surface area contributed by atoms with E-state index in [1.807, 2.05) is 0 Å². The molecule has 0 fully saturated rings. The molecule has 0 radical (unpaired) electrons. The van der Waals surface area contributed by atoms with Gasteiger partial charge in [-0.25, -0.2) is 0 Å². The van der Waals surface area contributed by atoms with Crippen LogP contribution in [0.3, 0.4) is 0 Å². The first-order valence-corrected chi connectivity index (χ1v) is 30.0. The Labute approximate surface area is 450 Å². The van der Waals surface area contributed by atoms with Crippen LogP contribution in [0.15, 0.2) is 122 Å². The summed E-state index contributed by atoms with van der Waals surface area (Å²) in [7, 11) is 0. The highest BCUT2D eigenvalue weighted by atomic mass is 16.6. The summed E-state index contributed by atoms with van der Waals surface area (Å²) < 4.78 is 16.8. The van der Waals surface area contributed by atoms with Crippen molar-refractivity contribution in [1.82, 2.24) is 0 Å². The van der Waals surface area contributed by atoms with Crippen LogP contribution in [-0.4, -0.2) is 37.2 Å². The summed E-state index contributed by atoms with van der Waals surface area (Å²) in [5.74, 6) is -0.927. The molecule has 73 heavy (non-hydrogen) atoms. The van der Waals surface area contributed by atoms with Crippen LogP contribution in [0.25, 0.3) is 0 Å². The molecule has 0 saturated heterocycles. The van der Waals surface area contributed by atoms with Gasteiger partial charge < -0.3 is 14.2 Å². The normalized spacial score (nSPS) is 13.0. The molecule has 0 bridgehead atoms. The van der Waals surface area contributed by atoms with Crippen LogP contribution in [0.2, 0.25) is 0 Å². The third kappa shape index (κ3) is 58.6. The number of rotatable bonds is 53. The Kier molecular flexibility index (Phi) is 56.9. The van der Waals surface area contributed by atoms with Crippen molar-refractivity contribution in [1.29, 1.82) is 0 Å². The average molecular weight is 1010 g/mol. The fourth-order valence-electron chi connectivity index (χ4n) is 8.03. The molecule has 1 unspecified atom stereocenters. The average Bonchev–Trinajstić information content (AvgIpc) is 3.39. The highest BCUT2D eigenvalue weighted by Crippen LogP contribution is 2.15. The zero-order valence-corrected chi connectivity index (χ0v) is 47.4. The van der Waals surface area contributed by atoms with Crippen LogP contribution in [0.4, 0.5) is 0 Å². The second kappa shape index (κ2) is 60.4. The van der Waals surface area contributed by atoms with Gasteiger partial charge in [-0.05, 0) is 109 Å². The Morgan fingerprint density at radius 3 is 0.849 bits per heavy atom. The first-order valence-electron chi connectivity index (χ1n) is 30.0. The van der Waals surface area contributed by atoms with Crippen LogP contribution in [0, 0.1) is 0 Å². The van der Waals surface area contributed by atoms with Crippen molar-refractivity contribution >= 4 is 17.9 Å². The lowest BCUT2D eigenvalue weighted by atomic mass is 10.0. The van der Waals surface area contributed by atoms with E-state index in [9.17, 15) is 14.4 Å². The maximum atomic E-state index is 12.8. The first kappa shape index (κ1) is 68.8. The molecule has 0 amide bonds. The van der Waals surface area contributed by atoms with E-state index >= 15 is 0 Å². The molecule has 0 aromatic carbocycles. The van der Waals surface area contributed by atoms with Gasteiger partial charge in [0.1, 0.15) is 13.2 Å². The van der Waals surface area contributed by atoms with Gasteiger partial charge in [-0.15, -0.1) is 0 Å². The van der Waals surface area contributed by atoms with Gasteiger partial charge in [0.2, 0.25) is 0 Å². The number of hydrogen-bond acceptors (Lipinski definition) is 6. The molecule has 0 aliphatic carbocycles. The minimum Gasteiger partial charge on any atom is -0.462 e. The lowest BCUT2D eigenvalue weighted by Gasteiger charge is -2.18. The quantitative estimate of drug-likeness (QED) is 0.0261. The molecule has 0 aliphatic rings. The predicted molar refractivity (Wildman–Crippen MR) is 316 cm³/mol. The second-order valence-electron chi connectivity index (χ2n) is 19.5. The van der Waals surface area contributed by atoms with Crippen LogP contribution in [-0.2, 0) is 28.6 Å². The molecular weight excluding hydrogens is 901 g/mol. The summed E-state index contributed by atoms with van der Waals surface area (Å²) in [6, 6.07) is 0. The van der Waals surface area contributed by atoms with E-state index in [0.29, 0.717) is 19.3 Å². The van der Waals surface area contributed by atoms with Crippen molar-refractivity contribution in [2.75, 3.05) is 13.2 Å². The van der Waals surface area contributed by atoms with Crippen molar-refractivity contribution in [2.45, 2.75) is 271 Å². The summed E-state index contributed by atoms with van der Waals surface area (Å²) in [5, 5.41) is 0. The molecule has 6 nitrogen and oxygen atoms in total. The molecule has 414 valence electrons. The molecular formula is C67H110O6. The Hall–Kier alpha value is -4.19. The van der Waals surface area contributed by atoms with Crippen molar-refractivity contribution < 1.29 is 28.6 Å². The number of carbonyl (C=O) groups is 3. The van der Waals surface area contributed by atoms with E-state index in [2.05, 4.69) is 142 Å². The minimum absolute atomic E-state index is 0.0902. The fraction of sp³-hybridized carbons (Fsp3) is 0.657. The highest BCUT2D eigenvalue weighted by Gasteiger charge is 2.19. The standard InChI is InChI=1S/C67H110O6/c1-4-7-10-13-16-19-21-23-24-25-26-27-28-29-30-31-32-33-34-35-36-37-38-39-40-41-42-44-45-48-51-54-57-60-66(69)72-63-64(62-71-65(68)59-56-53-50-47-18-15-12-9-6-3)73-67(70)61-58-55-52-49-46-43-22-20-17-14-11-8-5-2/h7-8,10-11,16-17,19-20,23-24,26-27,29-30,32-33,35-36,43,46,64H,4-6,9,12-15,18,21-22,25,28,31,34,37-42,44-45,47-63H2,1-3H3/b10-7-,11-8-,19-16-,20-17-,24-23-,27-26-,30-29-,33-32-,36-35-,46-43-. The Morgan fingerprint density at radius 2 is 0.534 bits per heavy atom. The topological polar surface area (TPSA) is 78.9 Å². The molecule has 0 aliphatic heterocycles. The van der Waals surface area contributed by atoms with Crippen LogP contribution in [0.1, 0.15) is 265 Å². The second-order valence-corrected chi connectivity index (χ2v) is 19.5. The lowest BCUT2D eigenvalue weighted by molar-refractivity contribution is -0.167. The van der Waals surface area contributed by atoms with Crippen LogP contribution >= 0.6 is 0 Å². The van der Waals surface area contributed by atoms with Gasteiger partial charge >= 0.3 is 17.9 Å². The highest BCUT2D eigenvalue weighted by molar-refractivity contribution is 5.71. The third-order valence-electron chi connectivity index (χ3n) is 12.5. The van der Waals surface area contributed by atoms with Gasteiger partial charge in [0, 0.05) is 19.3 Å². The van der Waals surface area contributed by atoms with Crippen molar-refractivity contribution in [3.63, 3.8) is 0 Å². The van der Waals surface area contributed by atoms with E-state index in [-0.39, 0.29) is 31.1 Å². The maximum absolute atomic E-state index is 12.8. The number of ether oxygens (including phenoxy) is 3. The fourth-order valence-corrected chi connectivity index (χ4v) is 8.03. The summed E-state index contributed by atoms with van der Waals surface area (Å²) in [6.07, 6.45) is 83.6. The van der Waals surface area contributed by atoms with Gasteiger partial charge in [0.05, 0.1) is 0 Å². The smallest absolute Gasteiger partial charge is 0.306 e. The molecule has 0 aromatic rings. The van der Waals surface area contributed by atoms with Crippen molar-refractivity contribution in [2.24, 2.45) is 0 Å². The Balaban J connectivity index is 4.15. The summed E-state index contributed by atoms with van der Waals surface area (Å²) in [4.78, 5) is 38.0. The SMILES string of the molecule is CC/C=C\C/C=C\C/C=C\C/C=C\C/C=C\C/C=C\C/C=C\CCCCCCCCCCCCCC(=O)OCC(COC(=O)CCCCCCCCCCC)OC(=O)CCCCC/C=C\C/C=C\C/C=C\CC. The molecule has 6 heteroatoms. The largest absolute Gasteiger partial charge is 0.462 e. The summed E-state index contributed by atoms with van der Waals surface area (Å²) in [5.41, 5.74) is 0. The number of carbonyl (C=O) groups excluding carboxylic acids is 3. The van der Waals surface area contributed by atoms with E-state index in [0.717, 1.165) is 128 Å². The first-order chi connectivity index (χ1) is 36.0. The van der Waals surface area contributed by atoms with E-state index in [1.165, 1.54) is 96.3 Å². The van der Waals surface area contributed by atoms with Gasteiger partial charge in [-0.1, -0.05) is 258 Å². The maximum Gasteiger partial charge on any atom is 0.306 e. The molecule has 0 aromatic heterocycles. The lowest BCUT2D eigenvalue weighted by Crippen LogP contribution is -2.30. The number of unbranched alkanes of at least 4 members (excludes halogenated alkanes) is 22. The van der Waals surface area contributed by atoms with Crippen LogP contribution in [0.5, 0.6) is 0 Å². The van der Waals surface area contributed by atoms with Gasteiger partial charge in [0.15, 0.2) is 6.10 Å². The monoisotopic (exact) mass is 1010 g/mol. The van der Waals surface area contributed by atoms with E-state index in [4.69, 9.17) is 14.2 Å². The summed E-state index contributed by atoms with van der Waals surface area (Å²) in [6.45, 7) is 6.36. The molecule has 1 atom stereocenters. The number of esters is 3. The third-order valence-corrected chi connectivity index (χ3v) is 12.5. The van der Waals surface area contributed by atoms with Gasteiger partial charge in [-0.3, -0.25) is 14.4 Å². The van der Waals surface area contributed by atoms with Gasteiger partial charge in [0.25, 0.3) is 0 Å². The minimum atomic E-state index is -0.793. The molecule has 0 rings (SSSR count). The van der Waals surface area contributed by atoms with Crippen LogP contribution < -0.4 is 0 Å². The van der Waals surface area contributed by atoms with Crippen molar-refractivity contribution in [3.8, 4) is 0 Å². The summed E-state index contributed by atoms with van der Waals surface area (Å²) >= 11 is 0. The molecule has 0 heterocycles. The Morgan fingerprint density at radius 1 is 0.288 bits per heavy atom.